The van der Waals surface area contributed by atoms with Gasteiger partial charge in [-0.25, -0.2) is 0 Å². The van der Waals surface area contributed by atoms with Crippen LogP contribution in [-0.4, -0.2) is 12.5 Å². The first-order valence-corrected chi connectivity index (χ1v) is 4.46. The fourth-order valence-electron chi connectivity index (χ4n) is 0.938. The molecule has 0 fully saturated rings. The van der Waals surface area contributed by atoms with E-state index in [-0.39, 0.29) is 5.91 Å². The van der Waals surface area contributed by atoms with Crippen LogP contribution in [0.1, 0.15) is 6.42 Å². The normalized spacial score (nSPS) is 9.69. The SMILES string of the molecule is NCCC(=O)Nc1cccc(S)c1. The van der Waals surface area contributed by atoms with Crippen LogP contribution in [0.25, 0.3) is 0 Å². The number of hydrogen-bond donors (Lipinski definition) is 3. The van der Waals surface area contributed by atoms with Crippen molar-refractivity contribution in [3.63, 3.8) is 0 Å². The zero-order valence-corrected chi connectivity index (χ0v) is 8.05. The van der Waals surface area contributed by atoms with E-state index in [0.717, 1.165) is 10.6 Å². The molecule has 0 aliphatic carbocycles. The molecule has 3 N–H and O–H groups in total. The maximum absolute atomic E-state index is 11.1. The third-order valence-corrected chi connectivity index (χ3v) is 1.78. The van der Waals surface area contributed by atoms with E-state index in [9.17, 15) is 4.79 Å². The number of carbonyl (C=O) groups is 1. The molecule has 0 heterocycles. The maximum atomic E-state index is 11.1. The molecule has 0 aromatic heterocycles. The Morgan fingerprint density at radius 3 is 2.92 bits per heavy atom. The van der Waals surface area contributed by atoms with Crippen molar-refractivity contribution in [1.29, 1.82) is 0 Å². The fraction of sp³-hybridized carbons (Fsp3) is 0.222. The van der Waals surface area contributed by atoms with Gasteiger partial charge in [0.05, 0.1) is 0 Å². The Morgan fingerprint density at radius 1 is 1.54 bits per heavy atom. The number of nitrogens with one attached hydrogen (secondary N) is 1. The molecule has 70 valence electrons. The summed E-state index contributed by atoms with van der Waals surface area (Å²) in [5, 5.41) is 2.72. The van der Waals surface area contributed by atoms with Gasteiger partial charge in [-0.3, -0.25) is 4.79 Å². The van der Waals surface area contributed by atoms with E-state index in [1.54, 1.807) is 6.07 Å². The summed E-state index contributed by atoms with van der Waals surface area (Å²) in [6.45, 7) is 0.367. The number of nitrogens with two attached hydrogens (primary N) is 1. The largest absolute Gasteiger partial charge is 0.330 e. The van der Waals surface area contributed by atoms with Gasteiger partial charge in [-0.1, -0.05) is 6.07 Å². The van der Waals surface area contributed by atoms with E-state index in [4.69, 9.17) is 5.73 Å². The van der Waals surface area contributed by atoms with Crippen LogP contribution in [0.4, 0.5) is 5.69 Å². The minimum atomic E-state index is -0.0681. The fourth-order valence-corrected chi connectivity index (χ4v) is 1.16. The number of hydrogen-bond acceptors (Lipinski definition) is 3. The van der Waals surface area contributed by atoms with Crippen molar-refractivity contribution in [3.8, 4) is 0 Å². The summed E-state index contributed by atoms with van der Waals surface area (Å²) in [4.78, 5) is 11.9. The van der Waals surface area contributed by atoms with E-state index < -0.39 is 0 Å². The van der Waals surface area contributed by atoms with Crippen LogP contribution in [0.3, 0.4) is 0 Å². The molecule has 0 spiro atoms. The van der Waals surface area contributed by atoms with Crippen molar-refractivity contribution < 1.29 is 4.79 Å². The summed E-state index contributed by atoms with van der Waals surface area (Å²) in [7, 11) is 0. The van der Waals surface area contributed by atoms with Crippen LogP contribution in [0.15, 0.2) is 29.2 Å². The lowest BCUT2D eigenvalue weighted by Crippen LogP contribution is -2.16. The molecule has 0 saturated heterocycles. The van der Waals surface area contributed by atoms with E-state index in [1.165, 1.54) is 0 Å². The van der Waals surface area contributed by atoms with Gasteiger partial charge in [-0.05, 0) is 18.2 Å². The van der Waals surface area contributed by atoms with Crippen molar-refractivity contribution in [2.24, 2.45) is 5.73 Å². The summed E-state index contributed by atoms with van der Waals surface area (Å²) in [6.07, 6.45) is 0.344. The first-order valence-electron chi connectivity index (χ1n) is 4.01. The molecular formula is C9H12N2OS. The van der Waals surface area contributed by atoms with Gasteiger partial charge in [-0.15, -0.1) is 12.6 Å². The van der Waals surface area contributed by atoms with Crippen molar-refractivity contribution in [2.45, 2.75) is 11.3 Å². The standard InChI is InChI=1S/C9H12N2OS/c10-5-4-9(12)11-7-2-1-3-8(13)6-7/h1-3,6,13H,4-5,10H2,(H,11,12). The van der Waals surface area contributed by atoms with Gasteiger partial charge in [0.25, 0.3) is 0 Å². The van der Waals surface area contributed by atoms with Crippen LogP contribution in [-0.2, 0) is 4.79 Å². The lowest BCUT2D eigenvalue weighted by molar-refractivity contribution is -0.116. The Labute approximate surface area is 82.7 Å². The zero-order chi connectivity index (χ0) is 9.68. The van der Waals surface area contributed by atoms with Crippen molar-refractivity contribution in [1.82, 2.24) is 0 Å². The smallest absolute Gasteiger partial charge is 0.225 e. The van der Waals surface area contributed by atoms with Gasteiger partial charge in [-0.2, -0.15) is 0 Å². The molecule has 1 amide bonds. The van der Waals surface area contributed by atoms with Crippen LogP contribution in [0, 0.1) is 0 Å². The van der Waals surface area contributed by atoms with Crippen molar-refractivity contribution >= 4 is 24.2 Å². The molecule has 0 saturated carbocycles. The second kappa shape index (κ2) is 4.89. The predicted octanol–water partition coefficient (Wildman–Crippen LogP) is 1.26. The number of benzene rings is 1. The van der Waals surface area contributed by atoms with Crippen LogP contribution in [0.2, 0.25) is 0 Å². The van der Waals surface area contributed by atoms with Gasteiger partial charge < -0.3 is 11.1 Å². The number of carbonyl (C=O) groups excluding carboxylic acids is 1. The molecule has 3 nitrogen and oxygen atoms in total. The highest BCUT2D eigenvalue weighted by Crippen LogP contribution is 2.13. The molecule has 4 heteroatoms. The second-order valence-electron chi connectivity index (χ2n) is 2.64. The Kier molecular flexibility index (Phi) is 3.79. The summed E-state index contributed by atoms with van der Waals surface area (Å²) < 4.78 is 0. The Hall–Kier alpha value is -1.00. The highest BCUT2D eigenvalue weighted by atomic mass is 32.1. The van der Waals surface area contributed by atoms with Crippen LogP contribution < -0.4 is 11.1 Å². The lowest BCUT2D eigenvalue weighted by Gasteiger charge is -2.03. The number of anilines is 1. The molecule has 1 aromatic rings. The summed E-state index contributed by atoms with van der Waals surface area (Å²) in [5.41, 5.74) is 5.99. The van der Waals surface area contributed by atoms with Gasteiger partial charge in [0.2, 0.25) is 5.91 Å². The first-order chi connectivity index (χ1) is 6.22. The molecule has 0 radical (unpaired) electrons. The molecule has 1 aromatic carbocycles. The van der Waals surface area contributed by atoms with Gasteiger partial charge >= 0.3 is 0 Å². The summed E-state index contributed by atoms with van der Waals surface area (Å²) in [5.74, 6) is -0.0681. The predicted molar refractivity (Wildman–Crippen MR) is 56.0 cm³/mol. The molecule has 0 atom stereocenters. The maximum Gasteiger partial charge on any atom is 0.225 e. The first kappa shape index (κ1) is 10.1. The second-order valence-corrected chi connectivity index (χ2v) is 3.15. The quantitative estimate of drug-likeness (QED) is 0.637. The molecule has 0 aliphatic heterocycles. The van der Waals surface area contributed by atoms with Crippen molar-refractivity contribution in [3.05, 3.63) is 24.3 Å². The van der Waals surface area contributed by atoms with E-state index in [0.29, 0.717) is 13.0 Å². The average molecular weight is 196 g/mol. The average Bonchev–Trinajstić information content (AvgIpc) is 2.04. The third-order valence-electron chi connectivity index (χ3n) is 1.50. The zero-order valence-electron chi connectivity index (χ0n) is 7.16. The highest BCUT2D eigenvalue weighted by molar-refractivity contribution is 7.80. The summed E-state index contributed by atoms with van der Waals surface area (Å²) in [6, 6.07) is 7.29. The van der Waals surface area contributed by atoms with Crippen molar-refractivity contribution in [2.75, 3.05) is 11.9 Å². The van der Waals surface area contributed by atoms with Gasteiger partial charge in [0, 0.05) is 23.5 Å². The van der Waals surface area contributed by atoms with Gasteiger partial charge in [0.1, 0.15) is 0 Å². The Balaban J connectivity index is 2.58. The minimum absolute atomic E-state index is 0.0681. The molecule has 0 bridgehead atoms. The molecule has 0 unspecified atom stereocenters. The van der Waals surface area contributed by atoms with Crippen LogP contribution >= 0.6 is 12.6 Å². The topological polar surface area (TPSA) is 55.1 Å². The number of amides is 1. The Bertz CT molecular complexity index is 301. The molecule has 1 rings (SSSR count). The lowest BCUT2D eigenvalue weighted by atomic mass is 10.3. The summed E-state index contributed by atoms with van der Waals surface area (Å²) >= 11 is 4.15. The minimum Gasteiger partial charge on any atom is -0.330 e. The third kappa shape index (κ3) is 3.48. The molecule has 13 heavy (non-hydrogen) atoms. The Morgan fingerprint density at radius 2 is 2.31 bits per heavy atom. The number of thiol groups is 1. The van der Waals surface area contributed by atoms with Gasteiger partial charge in [0.15, 0.2) is 0 Å². The van der Waals surface area contributed by atoms with Crippen LogP contribution in [0.5, 0.6) is 0 Å². The molecule has 0 aliphatic rings. The van der Waals surface area contributed by atoms with E-state index in [2.05, 4.69) is 17.9 Å². The highest BCUT2D eigenvalue weighted by Gasteiger charge is 1.99. The number of rotatable bonds is 3. The van der Waals surface area contributed by atoms with E-state index in [1.807, 2.05) is 18.2 Å². The molecular weight excluding hydrogens is 184 g/mol. The van der Waals surface area contributed by atoms with E-state index >= 15 is 0 Å². The monoisotopic (exact) mass is 196 g/mol.